The Kier molecular flexibility index (Phi) is 3.72. The zero-order chi connectivity index (χ0) is 12.3. The van der Waals surface area contributed by atoms with Gasteiger partial charge in [0.05, 0.1) is 0 Å². The molecule has 1 heterocycles. The third-order valence-corrected chi connectivity index (χ3v) is 2.82. The minimum absolute atomic E-state index is 0.167. The Hall–Kier alpha value is -1.44. The molecule has 1 aromatic heterocycles. The Morgan fingerprint density at radius 3 is 3.00 bits per heavy atom. The lowest BCUT2D eigenvalue weighted by molar-refractivity contribution is 0.101. The van der Waals surface area contributed by atoms with E-state index in [1.807, 2.05) is 31.2 Å². The number of aryl methyl sites for hydroxylation is 1. The monoisotopic (exact) mass is 342 g/mol. The van der Waals surface area contributed by atoms with E-state index < -0.39 is 0 Å². The van der Waals surface area contributed by atoms with Crippen LogP contribution in [0.25, 0.3) is 0 Å². The molecule has 88 valence electrons. The lowest BCUT2D eigenvalue weighted by Crippen LogP contribution is -2.13. The van der Waals surface area contributed by atoms with Gasteiger partial charge in [-0.1, -0.05) is 13.0 Å². The van der Waals surface area contributed by atoms with Gasteiger partial charge < -0.3 is 5.32 Å². The van der Waals surface area contributed by atoms with Crippen molar-refractivity contribution in [3.05, 3.63) is 39.5 Å². The van der Waals surface area contributed by atoms with Gasteiger partial charge in [-0.3, -0.25) is 9.89 Å². The summed E-state index contributed by atoms with van der Waals surface area (Å²) in [6, 6.07) is 7.55. The van der Waals surface area contributed by atoms with E-state index in [4.69, 9.17) is 0 Å². The second-order valence-corrected chi connectivity index (χ2v) is 4.67. The molecule has 0 saturated carbocycles. The van der Waals surface area contributed by atoms with Gasteiger partial charge >= 0.3 is 0 Å². The van der Waals surface area contributed by atoms with Gasteiger partial charge in [0.25, 0.3) is 5.91 Å². The number of benzene rings is 1. The highest BCUT2D eigenvalue weighted by Gasteiger charge is 2.11. The minimum atomic E-state index is -0.303. The minimum Gasteiger partial charge on any atom is -0.319 e. The fraction of sp³-hybridized carbons (Fsp3) is 0.182. The van der Waals surface area contributed by atoms with E-state index in [2.05, 4.69) is 43.1 Å². The molecule has 0 aliphatic rings. The number of rotatable bonds is 3. The van der Waals surface area contributed by atoms with Gasteiger partial charge in [0, 0.05) is 15.7 Å². The van der Waals surface area contributed by atoms with E-state index in [0.29, 0.717) is 5.82 Å². The SMILES string of the molecule is CCc1nc(C(=O)Nc2cccc(I)c2)n[nH]1. The lowest BCUT2D eigenvalue weighted by Gasteiger charge is -2.02. The van der Waals surface area contributed by atoms with Crippen molar-refractivity contribution in [1.82, 2.24) is 15.2 Å². The molecule has 0 spiro atoms. The largest absolute Gasteiger partial charge is 0.319 e. The second kappa shape index (κ2) is 5.26. The molecule has 0 saturated heterocycles. The number of hydrogen-bond donors (Lipinski definition) is 2. The molecule has 6 heteroatoms. The summed E-state index contributed by atoms with van der Waals surface area (Å²) in [6.07, 6.45) is 0.726. The number of anilines is 1. The van der Waals surface area contributed by atoms with Crippen LogP contribution in [0.4, 0.5) is 5.69 Å². The molecule has 2 N–H and O–H groups in total. The normalized spacial score (nSPS) is 10.2. The summed E-state index contributed by atoms with van der Waals surface area (Å²) in [4.78, 5) is 15.9. The van der Waals surface area contributed by atoms with Gasteiger partial charge in [-0.15, -0.1) is 5.10 Å². The fourth-order valence-corrected chi connectivity index (χ4v) is 1.85. The van der Waals surface area contributed by atoms with Crippen LogP contribution in [-0.2, 0) is 6.42 Å². The Morgan fingerprint density at radius 2 is 2.35 bits per heavy atom. The van der Waals surface area contributed by atoms with Crippen LogP contribution in [0.1, 0.15) is 23.4 Å². The van der Waals surface area contributed by atoms with Crippen LogP contribution < -0.4 is 5.32 Å². The maximum absolute atomic E-state index is 11.8. The number of halogens is 1. The summed E-state index contributed by atoms with van der Waals surface area (Å²) >= 11 is 2.19. The molecule has 1 aromatic carbocycles. The van der Waals surface area contributed by atoms with Crippen LogP contribution in [0, 0.1) is 3.57 Å². The number of carbonyl (C=O) groups excluding carboxylic acids is 1. The molecule has 0 aliphatic carbocycles. The summed E-state index contributed by atoms with van der Waals surface area (Å²) in [6.45, 7) is 1.95. The predicted octanol–water partition coefficient (Wildman–Crippen LogP) is 2.22. The first-order valence-electron chi connectivity index (χ1n) is 5.17. The van der Waals surface area contributed by atoms with Crippen molar-refractivity contribution in [3.63, 3.8) is 0 Å². The smallest absolute Gasteiger partial charge is 0.295 e. The molecule has 5 nitrogen and oxygen atoms in total. The molecule has 1 amide bonds. The molecule has 0 radical (unpaired) electrons. The zero-order valence-electron chi connectivity index (χ0n) is 9.20. The van der Waals surface area contributed by atoms with Gasteiger partial charge in [0.2, 0.25) is 5.82 Å². The van der Waals surface area contributed by atoms with Crippen molar-refractivity contribution in [1.29, 1.82) is 0 Å². The number of carbonyl (C=O) groups is 1. The summed E-state index contributed by atoms with van der Waals surface area (Å²) < 4.78 is 1.06. The van der Waals surface area contributed by atoms with Crippen molar-refractivity contribution in [2.24, 2.45) is 0 Å². The number of aromatic amines is 1. The number of hydrogen-bond acceptors (Lipinski definition) is 3. The number of nitrogens with zero attached hydrogens (tertiary/aromatic N) is 2. The summed E-state index contributed by atoms with van der Waals surface area (Å²) in [5.41, 5.74) is 0.741. The first-order chi connectivity index (χ1) is 8.19. The second-order valence-electron chi connectivity index (χ2n) is 3.42. The maximum Gasteiger partial charge on any atom is 0.295 e. The number of H-pyrrole nitrogens is 1. The topological polar surface area (TPSA) is 70.7 Å². The van der Waals surface area contributed by atoms with Crippen molar-refractivity contribution in [2.45, 2.75) is 13.3 Å². The molecular formula is C11H11IN4O. The number of aromatic nitrogens is 3. The molecule has 0 atom stereocenters. The summed E-state index contributed by atoms with van der Waals surface area (Å²) in [5.74, 6) is 0.571. The molecule has 17 heavy (non-hydrogen) atoms. The van der Waals surface area contributed by atoms with Crippen LogP contribution >= 0.6 is 22.6 Å². The number of nitrogens with one attached hydrogen (secondary N) is 2. The number of amides is 1. The Labute approximate surface area is 112 Å². The highest BCUT2D eigenvalue weighted by molar-refractivity contribution is 14.1. The van der Waals surface area contributed by atoms with E-state index in [1.165, 1.54) is 0 Å². The van der Waals surface area contributed by atoms with Crippen LogP contribution in [-0.4, -0.2) is 21.1 Å². The fourth-order valence-electron chi connectivity index (χ4n) is 1.31. The van der Waals surface area contributed by atoms with E-state index in [-0.39, 0.29) is 11.7 Å². The molecular weight excluding hydrogens is 331 g/mol. The standard InChI is InChI=1S/C11H11IN4O/c1-2-9-14-10(16-15-9)11(17)13-8-5-3-4-7(12)6-8/h3-6H,2H2,1H3,(H,13,17)(H,14,15,16). The lowest BCUT2D eigenvalue weighted by atomic mass is 10.3. The van der Waals surface area contributed by atoms with Crippen LogP contribution in [0.15, 0.2) is 24.3 Å². The molecule has 0 unspecified atom stereocenters. The van der Waals surface area contributed by atoms with Crippen molar-refractivity contribution < 1.29 is 4.79 Å². The maximum atomic E-state index is 11.8. The van der Waals surface area contributed by atoms with Crippen LogP contribution in [0.2, 0.25) is 0 Å². The third kappa shape index (κ3) is 3.02. The summed E-state index contributed by atoms with van der Waals surface area (Å²) in [5, 5.41) is 9.31. The average molecular weight is 342 g/mol. The molecule has 0 aliphatic heterocycles. The summed E-state index contributed by atoms with van der Waals surface area (Å²) in [7, 11) is 0. The van der Waals surface area contributed by atoms with Crippen molar-refractivity contribution in [2.75, 3.05) is 5.32 Å². The Balaban J connectivity index is 2.11. The van der Waals surface area contributed by atoms with Gasteiger partial charge in [-0.25, -0.2) is 4.98 Å². The highest BCUT2D eigenvalue weighted by atomic mass is 127. The Bertz CT molecular complexity index is 538. The molecule has 0 fully saturated rings. The first-order valence-corrected chi connectivity index (χ1v) is 6.25. The average Bonchev–Trinajstić information content (AvgIpc) is 2.77. The zero-order valence-corrected chi connectivity index (χ0v) is 11.4. The van der Waals surface area contributed by atoms with E-state index >= 15 is 0 Å². The van der Waals surface area contributed by atoms with Gasteiger partial charge in [-0.2, -0.15) is 0 Å². The molecule has 0 bridgehead atoms. The quantitative estimate of drug-likeness (QED) is 0.841. The molecule has 2 rings (SSSR count). The molecule has 2 aromatic rings. The van der Waals surface area contributed by atoms with E-state index in [1.54, 1.807) is 0 Å². The third-order valence-electron chi connectivity index (χ3n) is 2.15. The van der Waals surface area contributed by atoms with E-state index in [0.717, 1.165) is 15.7 Å². The predicted molar refractivity (Wildman–Crippen MR) is 72.9 cm³/mol. The van der Waals surface area contributed by atoms with Gasteiger partial charge in [0.1, 0.15) is 5.82 Å². The first kappa shape index (κ1) is 12.0. The van der Waals surface area contributed by atoms with E-state index in [9.17, 15) is 4.79 Å². The van der Waals surface area contributed by atoms with Crippen LogP contribution in [0.5, 0.6) is 0 Å². The highest BCUT2D eigenvalue weighted by Crippen LogP contribution is 2.12. The van der Waals surface area contributed by atoms with Crippen molar-refractivity contribution >= 4 is 34.2 Å². The van der Waals surface area contributed by atoms with Crippen LogP contribution in [0.3, 0.4) is 0 Å². The van der Waals surface area contributed by atoms with Gasteiger partial charge in [0.15, 0.2) is 0 Å². The van der Waals surface area contributed by atoms with Gasteiger partial charge in [-0.05, 0) is 40.8 Å². The van der Waals surface area contributed by atoms with Crippen molar-refractivity contribution in [3.8, 4) is 0 Å². The Morgan fingerprint density at radius 1 is 1.53 bits per heavy atom.